The molecule has 0 atom stereocenters. The number of hydrogen-bond acceptors (Lipinski definition) is 3. The maximum Gasteiger partial charge on any atom is 0.159 e. The standard InChI is InChI=1S/C9H10BrN3S/c10-8-6-13(12-9(8)11)4-3-7-2-1-5-14-7/h1-2,5-6H,3-4H2,(H2,11,12). The molecule has 5 heteroatoms. The van der Waals surface area contributed by atoms with Crippen LogP contribution in [-0.2, 0) is 13.0 Å². The number of anilines is 1. The third-order valence-electron chi connectivity index (χ3n) is 1.91. The van der Waals surface area contributed by atoms with Crippen molar-refractivity contribution in [1.29, 1.82) is 0 Å². The van der Waals surface area contributed by atoms with Crippen molar-refractivity contribution < 1.29 is 0 Å². The van der Waals surface area contributed by atoms with Crippen LogP contribution in [0.15, 0.2) is 28.2 Å². The molecule has 0 fully saturated rings. The molecule has 0 aromatic carbocycles. The molecule has 0 bridgehead atoms. The molecule has 0 aliphatic carbocycles. The van der Waals surface area contributed by atoms with Gasteiger partial charge >= 0.3 is 0 Å². The summed E-state index contributed by atoms with van der Waals surface area (Å²) in [6, 6.07) is 4.19. The number of nitrogens with zero attached hydrogens (tertiary/aromatic N) is 2. The van der Waals surface area contributed by atoms with Gasteiger partial charge in [0.1, 0.15) is 0 Å². The van der Waals surface area contributed by atoms with Crippen LogP contribution >= 0.6 is 27.3 Å². The SMILES string of the molecule is Nc1nn(CCc2cccs2)cc1Br. The molecule has 0 aliphatic rings. The molecular weight excluding hydrogens is 262 g/mol. The van der Waals surface area contributed by atoms with Crippen LogP contribution in [0.25, 0.3) is 0 Å². The summed E-state index contributed by atoms with van der Waals surface area (Å²) in [5.41, 5.74) is 5.61. The molecule has 2 aromatic rings. The van der Waals surface area contributed by atoms with E-state index in [1.54, 1.807) is 11.3 Å². The summed E-state index contributed by atoms with van der Waals surface area (Å²) >= 11 is 5.10. The first-order valence-electron chi connectivity index (χ1n) is 4.26. The van der Waals surface area contributed by atoms with Crippen molar-refractivity contribution in [1.82, 2.24) is 9.78 Å². The van der Waals surface area contributed by atoms with E-state index >= 15 is 0 Å². The molecule has 0 unspecified atom stereocenters. The first-order chi connectivity index (χ1) is 6.75. The minimum atomic E-state index is 0.552. The molecule has 14 heavy (non-hydrogen) atoms. The first kappa shape index (κ1) is 9.73. The van der Waals surface area contributed by atoms with E-state index in [0.717, 1.165) is 17.4 Å². The maximum atomic E-state index is 5.61. The van der Waals surface area contributed by atoms with Crippen molar-refractivity contribution in [2.75, 3.05) is 5.73 Å². The van der Waals surface area contributed by atoms with Gasteiger partial charge in [0.2, 0.25) is 0 Å². The van der Waals surface area contributed by atoms with Gasteiger partial charge in [0.25, 0.3) is 0 Å². The fraction of sp³-hybridized carbons (Fsp3) is 0.222. The van der Waals surface area contributed by atoms with Crippen LogP contribution in [0.1, 0.15) is 4.88 Å². The van der Waals surface area contributed by atoms with E-state index in [-0.39, 0.29) is 0 Å². The number of aromatic nitrogens is 2. The highest BCUT2D eigenvalue weighted by Crippen LogP contribution is 2.17. The van der Waals surface area contributed by atoms with Crippen LogP contribution in [0, 0.1) is 0 Å². The molecule has 2 rings (SSSR count). The number of nitrogen functional groups attached to an aromatic ring is 1. The molecular formula is C9H10BrN3S. The lowest BCUT2D eigenvalue weighted by Crippen LogP contribution is -2.01. The highest BCUT2D eigenvalue weighted by Gasteiger charge is 2.02. The van der Waals surface area contributed by atoms with E-state index in [1.807, 2.05) is 10.9 Å². The quantitative estimate of drug-likeness (QED) is 0.933. The monoisotopic (exact) mass is 271 g/mol. The third-order valence-corrected chi connectivity index (χ3v) is 3.46. The maximum absolute atomic E-state index is 5.61. The number of thiophene rings is 1. The Labute approximate surface area is 94.7 Å². The van der Waals surface area contributed by atoms with Crippen molar-refractivity contribution >= 4 is 33.1 Å². The van der Waals surface area contributed by atoms with Crippen LogP contribution in [0.2, 0.25) is 0 Å². The van der Waals surface area contributed by atoms with Crippen molar-refractivity contribution in [2.24, 2.45) is 0 Å². The van der Waals surface area contributed by atoms with Crippen LogP contribution < -0.4 is 5.73 Å². The smallest absolute Gasteiger partial charge is 0.159 e. The molecule has 0 saturated heterocycles. The average molecular weight is 272 g/mol. The Hall–Kier alpha value is -0.810. The number of halogens is 1. The predicted octanol–water partition coefficient (Wildman–Crippen LogP) is 2.53. The number of hydrogen-bond donors (Lipinski definition) is 1. The van der Waals surface area contributed by atoms with Gasteiger partial charge in [0.05, 0.1) is 4.47 Å². The lowest BCUT2D eigenvalue weighted by atomic mass is 10.3. The lowest BCUT2D eigenvalue weighted by Gasteiger charge is -1.97. The zero-order valence-corrected chi connectivity index (χ0v) is 9.88. The van der Waals surface area contributed by atoms with Gasteiger partial charge in [0.15, 0.2) is 5.82 Å². The predicted molar refractivity (Wildman–Crippen MR) is 62.4 cm³/mol. The second kappa shape index (κ2) is 4.14. The average Bonchev–Trinajstić information content (AvgIpc) is 2.74. The fourth-order valence-electron chi connectivity index (χ4n) is 1.21. The van der Waals surface area contributed by atoms with Gasteiger partial charge in [-0.3, -0.25) is 4.68 Å². The second-order valence-corrected chi connectivity index (χ2v) is 4.84. The van der Waals surface area contributed by atoms with Gasteiger partial charge < -0.3 is 5.73 Å². The van der Waals surface area contributed by atoms with E-state index in [2.05, 4.69) is 38.5 Å². The summed E-state index contributed by atoms with van der Waals surface area (Å²) in [6.45, 7) is 0.871. The summed E-state index contributed by atoms with van der Waals surface area (Å²) < 4.78 is 2.72. The molecule has 2 heterocycles. The largest absolute Gasteiger partial charge is 0.381 e. The van der Waals surface area contributed by atoms with Gasteiger partial charge in [-0.2, -0.15) is 5.10 Å². The van der Waals surface area contributed by atoms with Crippen LogP contribution in [0.3, 0.4) is 0 Å². The second-order valence-electron chi connectivity index (χ2n) is 2.95. The van der Waals surface area contributed by atoms with Gasteiger partial charge in [-0.25, -0.2) is 0 Å². The number of rotatable bonds is 3. The summed E-state index contributed by atoms with van der Waals surface area (Å²) in [5, 5.41) is 6.25. The Morgan fingerprint density at radius 2 is 2.43 bits per heavy atom. The molecule has 0 amide bonds. The Balaban J connectivity index is 1.98. The van der Waals surface area contributed by atoms with Crippen LogP contribution in [-0.4, -0.2) is 9.78 Å². The van der Waals surface area contributed by atoms with Gasteiger partial charge in [0, 0.05) is 24.0 Å². The molecule has 0 spiro atoms. The zero-order valence-electron chi connectivity index (χ0n) is 7.48. The Morgan fingerprint density at radius 3 is 3.00 bits per heavy atom. The van der Waals surface area contributed by atoms with Crippen molar-refractivity contribution in [3.63, 3.8) is 0 Å². The number of aryl methyl sites for hydroxylation is 2. The topological polar surface area (TPSA) is 43.8 Å². The summed E-state index contributed by atoms with van der Waals surface area (Å²) in [4.78, 5) is 1.37. The zero-order chi connectivity index (χ0) is 9.97. The molecule has 0 radical (unpaired) electrons. The minimum absolute atomic E-state index is 0.552. The highest BCUT2D eigenvalue weighted by molar-refractivity contribution is 9.10. The highest BCUT2D eigenvalue weighted by atomic mass is 79.9. The minimum Gasteiger partial charge on any atom is -0.381 e. The fourth-order valence-corrected chi connectivity index (χ4v) is 2.22. The third kappa shape index (κ3) is 2.16. The Kier molecular flexibility index (Phi) is 2.88. The van der Waals surface area contributed by atoms with E-state index in [0.29, 0.717) is 5.82 Å². The van der Waals surface area contributed by atoms with Gasteiger partial charge in [-0.05, 0) is 27.4 Å². The van der Waals surface area contributed by atoms with Crippen molar-refractivity contribution in [3.05, 3.63) is 33.1 Å². The molecule has 3 nitrogen and oxygen atoms in total. The summed E-state index contributed by atoms with van der Waals surface area (Å²) in [6.07, 6.45) is 2.91. The van der Waals surface area contributed by atoms with Gasteiger partial charge in [-0.15, -0.1) is 11.3 Å². The molecule has 0 aliphatic heterocycles. The van der Waals surface area contributed by atoms with E-state index in [9.17, 15) is 0 Å². The first-order valence-corrected chi connectivity index (χ1v) is 5.94. The Bertz CT molecular complexity index is 388. The van der Waals surface area contributed by atoms with Gasteiger partial charge in [-0.1, -0.05) is 6.07 Å². The Morgan fingerprint density at radius 1 is 1.57 bits per heavy atom. The normalized spacial score (nSPS) is 10.6. The molecule has 74 valence electrons. The van der Waals surface area contributed by atoms with E-state index in [4.69, 9.17) is 5.73 Å². The van der Waals surface area contributed by atoms with Crippen LogP contribution in [0.4, 0.5) is 5.82 Å². The summed E-state index contributed by atoms with van der Waals surface area (Å²) in [7, 11) is 0. The van der Waals surface area contributed by atoms with Crippen molar-refractivity contribution in [2.45, 2.75) is 13.0 Å². The van der Waals surface area contributed by atoms with Crippen molar-refractivity contribution in [3.8, 4) is 0 Å². The lowest BCUT2D eigenvalue weighted by molar-refractivity contribution is 0.621. The molecule has 0 saturated carbocycles. The van der Waals surface area contributed by atoms with E-state index < -0.39 is 0 Å². The summed E-state index contributed by atoms with van der Waals surface area (Å²) in [5.74, 6) is 0.552. The van der Waals surface area contributed by atoms with E-state index in [1.165, 1.54) is 4.88 Å². The number of nitrogens with two attached hydrogens (primary N) is 1. The molecule has 2 aromatic heterocycles. The van der Waals surface area contributed by atoms with Crippen LogP contribution in [0.5, 0.6) is 0 Å². The molecule has 2 N–H and O–H groups in total.